The molecule has 1 aromatic heterocycles. The number of hydrogen-bond acceptors (Lipinski definition) is 7. The molecule has 0 fully saturated rings. The second kappa shape index (κ2) is 10.3. The van der Waals surface area contributed by atoms with E-state index in [4.69, 9.17) is 0 Å². The van der Waals surface area contributed by atoms with Crippen LogP contribution in [0.25, 0.3) is 0 Å². The number of sulfonamides is 1. The summed E-state index contributed by atoms with van der Waals surface area (Å²) in [5, 5.41) is 6.54. The Morgan fingerprint density at radius 1 is 0.939 bits per heavy atom. The number of anilines is 2. The highest BCUT2D eigenvalue weighted by molar-refractivity contribution is 7.92. The standard InChI is InChI=1S/C22H21N3O6S2/c1-3-31-22(28)24-20(27)18-12-13-32-21(18)23-19(26)15-6-8-16(9-7-15)25-33(29,30)17-10-4-14(2)5-11-17/h4-13,25H,3H2,1-2H3,(H,23,26)(H,24,27,28). The molecule has 0 radical (unpaired) electrons. The van der Waals surface area contributed by atoms with E-state index < -0.39 is 27.9 Å². The largest absolute Gasteiger partial charge is 0.450 e. The van der Waals surface area contributed by atoms with Gasteiger partial charge in [0.25, 0.3) is 21.8 Å². The Morgan fingerprint density at radius 2 is 1.61 bits per heavy atom. The lowest BCUT2D eigenvalue weighted by molar-refractivity contribution is 0.0926. The lowest BCUT2D eigenvalue weighted by Crippen LogP contribution is -2.31. The van der Waals surface area contributed by atoms with Gasteiger partial charge in [-0.05, 0) is 61.7 Å². The molecule has 0 bridgehead atoms. The average Bonchev–Trinajstić information content (AvgIpc) is 3.22. The summed E-state index contributed by atoms with van der Waals surface area (Å²) in [6.07, 6.45) is -0.880. The van der Waals surface area contributed by atoms with Crippen molar-refractivity contribution in [3.05, 3.63) is 76.7 Å². The van der Waals surface area contributed by atoms with Gasteiger partial charge in [-0.1, -0.05) is 17.7 Å². The van der Waals surface area contributed by atoms with Gasteiger partial charge < -0.3 is 10.1 Å². The minimum atomic E-state index is -3.76. The molecule has 33 heavy (non-hydrogen) atoms. The number of amides is 3. The fraction of sp³-hybridized carbons (Fsp3) is 0.136. The van der Waals surface area contributed by atoms with E-state index in [2.05, 4.69) is 20.1 Å². The summed E-state index contributed by atoms with van der Waals surface area (Å²) in [6.45, 7) is 3.59. The molecule has 1 heterocycles. The lowest BCUT2D eigenvalue weighted by atomic mass is 10.2. The van der Waals surface area contributed by atoms with Gasteiger partial charge in [-0.2, -0.15) is 0 Å². The zero-order valence-corrected chi connectivity index (χ0v) is 19.4. The number of benzene rings is 2. The SMILES string of the molecule is CCOC(=O)NC(=O)c1ccsc1NC(=O)c1ccc(NS(=O)(=O)c2ccc(C)cc2)cc1. The normalized spacial score (nSPS) is 10.8. The molecule has 0 saturated heterocycles. The van der Waals surface area contributed by atoms with Crippen LogP contribution >= 0.6 is 11.3 Å². The molecule has 3 rings (SSSR count). The maximum atomic E-state index is 12.6. The van der Waals surface area contributed by atoms with E-state index in [-0.39, 0.29) is 33.3 Å². The third-order valence-corrected chi connectivity index (χ3v) is 6.59. The van der Waals surface area contributed by atoms with Gasteiger partial charge in [0.15, 0.2) is 0 Å². The van der Waals surface area contributed by atoms with E-state index in [1.807, 2.05) is 6.92 Å². The third kappa shape index (κ3) is 6.18. The van der Waals surface area contributed by atoms with E-state index in [9.17, 15) is 22.8 Å². The Labute approximate surface area is 194 Å². The van der Waals surface area contributed by atoms with E-state index in [0.717, 1.165) is 16.9 Å². The molecule has 0 spiro atoms. The minimum Gasteiger partial charge on any atom is -0.450 e. The number of nitrogens with one attached hydrogen (secondary N) is 3. The number of carbonyl (C=O) groups is 3. The molecule has 0 aliphatic carbocycles. The van der Waals surface area contributed by atoms with Crippen LogP contribution in [-0.2, 0) is 14.8 Å². The summed E-state index contributed by atoms with van der Waals surface area (Å²) < 4.78 is 32.1. The van der Waals surface area contributed by atoms with Crippen molar-refractivity contribution in [1.82, 2.24) is 5.32 Å². The van der Waals surface area contributed by atoms with Crippen molar-refractivity contribution in [2.24, 2.45) is 0 Å². The first kappa shape index (κ1) is 24.0. The average molecular weight is 488 g/mol. The van der Waals surface area contributed by atoms with Crippen LogP contribution in [0, 0.1) is 6.92 Å². The third-order valence-electron chi connectivity index (χ3n) is 4.36. The summed E-state index contributed by atoms with van der Waals surface area (Å²) in [5.74, 6) is -1.21. The van der Waals surface area contributed by atoms with Crippen molar-refractivity contribution in [3.63, 3.8) is 0 Å². The zero-order valence-electron chi connectivity index (χ0n) is 17.7. The van der Waals surface area contributed by atoms with Crippen LogP contribution in [0.2, 0.25) is 0 Å². The van der Waals surface area contributed by atoms with Crippen molar-refractivity contribution in [2.45, 2.75) is 18.7 Å². The Morgan fingerprint density at radius 3 is 2.24 bits per heavy atom. The van der Waals surface area contributed by atoms with Crippen molar-refractivity contribution < 1.29 is 27.5 Å². The summed E-state index contributed by atoms with van der Waals surface area (Å²) in [4.78, 5) is 36.4. The predicted molar refractivity (Wildman–Crippen MR) is 125 cm³/mol. The van der Waals surface area contributed by atoms with Crippen molar-refractivity contribution in [3.8, 4) is 0 Å². The number of ether oxygens (including phenoxy) is 1. The highest BCUT2D eigenvalue weighted by Gasteiger charge is 2.19. The second-order valence-corrected chi connectivity index (χ2v) is 9.39. The van der Waals surface area contributed by atoms with E-state index in [1.165, 1.54) is 42.5 Å². The number of rotatable bonds is 7. The molecule has 0 unspecified atom stereocenters. The molecule has 172 valence electrons. The van der Waals surface area contributed by atoms with Crippen molar-refractivity contribution in [2.75, 3.05) is 16.6 Å². The molecule has 0 aliphatic rings. The smallest absolute Gasteiger partial charge is 0.414 e. The predicted octanol–water partition coefficient (Wildman–Crippen LogP) is 4.00. The molecule has 0 aliphatic heterocycles. The lowest BCUT2D eigenvalue weighted by Gasteiger charge is -2.10. The van der Waals surface area contributed by atoms with Crippen molar-refractivity contribution in [1.29, 1.82) is 0 Å². The Hall–Kier alpha value is -3.70. The van der Waals surface area contributed by atoms with Gasteiger partial charge in [0, 0.05) is 11.3 Å². The molecule has 9 nitrogen and oxygen atoms in total. The Balaban J connectivity index is 1.67. The summed E-state index contributed by atoms with van der Waals surface area (Å²) in [7, 11) is -3.76. The van der Waals surface area contributed by atoms with Gasteiger partial charge >= 0.3 is 6.09 Å². The Bertz CT molecular complexity index is 1270. The Kier molecular flexibility index (Phi) is 7.46. The molecule has 0 saturated carbocycles. The number of hydrogen-bond donors (Lipinski definition) is 3. The number of alkyl carbamates (subject to hydrolysis) is 1. The van der Waals surface area contributed by atoms with Crippen LogP contribution in [0.5, 0.6) is 0 Å². The van der Waals surface area contributed by atoms with Gasteiger partial charge in [-0.25, -0.2) is 13.2 Å². The highest BCUT2D eigenvalue weighted by atomic mass is 32.2. The first-order valence-electron chi connectivity index (χ1n) is 9.76. The monoisotopic (exact) mass is 487 g/mol. The summed E-state index contributed by atoms with van der Waals surface area (Å²) >= 11 is 1.11. The molecule has 11 heteroatoms. The zero-order chi connectivity index (χ0) is 24.0. The van der Waals surface area contributed by atoms with Gasteiger partial charge in [-0.15, -0.1) is 11.3 Å². The van der Waals surface area contributed by atoms with E-state index in [0.29, 0.717) is 0 Å². The van der Waals surface area contributed by atoms with E-state index >= 15 is 0 Å². The number of aryl methyl sites for hydroxylation is 1. The fourth-order valence-electron chi connectivity index (χ4n) is 2.71. The fourth-order valence-corrected chi connectivity index (χ4v) is 4.55. The molecular weight excluding hydrogens is 466 g/mol. The first-order chi connectivity index (χ1) is 15.7. The topological polar surface area (TPSA) is 131 Å². The molecule has 2 aromatic carbocycles. The number of carbonyl (C=O) groups excluding carboxylic acids is 3. The van der Waals surface area contributed by atoms with Gasteiger partial charge in [0.05, 0.1) is 17.1 Å². The minimum absolute atomic E-state index is 0.115. The van der Waals surface area contributed by atoms with Gasteiger partial charge in [-0.3, -0.25) is 19.6 Å². The summed E-state index contributed by atoms with van der Waals surface area (Å²) in [6, 6.07) is 13.7. The van der Waals surface area contributed by atoms with Crippen LogP contribution in [0.4, 0.5) is 15.5 Å². The maximum absolute atomic E-state index is 12.6. The maximum Gasteiger partial charge on any atom is 0.414 e. The first-order valence-corrected chi connectivity index (χ1v) is 12.1. The molecule has 3 amide bonds. The highest BCUT2D eigenvalue weighted by Crippen LogP contribution is 2.24. The summed E-state index contributed by atoms with van der Waals surface area (Å²) in [5.41, 5.74) is 1.59. The van der Waals surface area contributed by atoms with Crippen LogP contribution in [-0.4, -0.2) is 32.9 Å². The quantitative estimate of drug-likeness (QED) is 0.462. The van der Waals surface area contributed by atoms with Crippen LogP contribution < -0.4 is 15.4 Å². The van der Waals surface area contributed by atoms with Gasteiger partial charge in [0.1, 0.15) is 5.00 Å². The van der Waals surface area contributed by atoms with Crippen LogP contribution in [0.3, 0.4) is 0 Å². The van der Waals surface area contributed by atoms with Crippen LogP contribution in [0.1, 0.15) is 33.2 Å². The second-order valence-electron chi connectivity index (χ2n) is 6.79. The molecular formula is C22H21N3O6S2. The van der Waals surface area contributed by atoms with Crippen LogP contribution in [0.15, 0.2) is 64.9 Å². The van der Waals surface area contributed by atoms with Crippen molar-refractivity contribution >= 4 is 50.0 Å². The number of thiophene rings is 1. The molecule has 3 aromatic rings. The molecule has 0 atom stereocenters. The molecule has 3 N–H and O–H groups in total. The van der Waals surface area contributed by atoms with Gasteiger partial charge in [0.2, 0.25) is 0 Å². The van der Waals surface area contributed by atoms with E-state index in [1.54, 1.807) is 24.4 Å². The number of imide groups is 1.